The fourth-order valence-corrected chi connectivity index (χ4v) is 6.85. The largest absolute Gasteiger partial charge is 0.416 e. The van der Waals surface area contributed by atoms with Crippen LogP contribution in [-0.2, 0) is 20.8 Å². The summed E-state index contributed by atoms with van der Waals surface area (Å²) in [6.45, 7) is 9.38. The predicted octanol–water partition coefficient (Wildman–Crippen LogP) is 4.27. The van der Waals surface area contributed by atoms with Crippen LogP contribution in [0.25, 0.3) is 0 Å². The number of amides is 2. The average Bonchev–Trinajstić information content (AvgIpc) is 3.16. The Morgan fingerprint density at radius 1 is 1.13 bits per heavy atom. The average molecular weight is 578 g/mol. The Hall–Kier alpha value is -2.21. The second-order valence-electron chi connectivity index (χ2n) is 12.0. The standard InChI is InChI=1S/C27H39F4N3O4S/c1-16(2)33(6)21-7-8-23(18(13-21)15-39(37,38)26(3,4)5)34-10-9-22(25(34)36)32-24(35)17-11-19(27(29,30)31)14-20(28)12-17/h11-12,14,16,18,21-23H,7-10,13,15H2,1-6H3,(H,32,35)/t18-,21+,22?,23-/m0/s1. The van der Waals surface area contributed by atoms with Crippen LogP contribution in [0.3, 0.4) is 0 Å². The summed E-state index contributed by atoms with van der Waals surface area (Å²) in [6, 6.07) is 0.630. The third kappa shape index (κ3) is 7.11. The van der Waals surface area contributed by atoms with Gasteiger partial charge in [-0.15, -0.1) is 0 Å². The number of carbonyl (C=O) groups is 2. The molecule has 0 aromatic heterocycles. The van der Waals surface area contributed by atoms with Gasteiger partial charge in [0.15, 0.2) is 9.84 Å². The van der Waals surface area contributed by atoms with Crippen LogP contribution in [0.15, 0.2) is 18.2 Å². The molecular formula is C27H39F4N3O4S. The number of rotatable bonds is 7. The number of benzene rings is 1. The second kappa shape index (κ2) is 11.3. The predicted molar refractivity (Wildman–Crippen MR) is 140 cm³/mol. The molecule has 1 heterocycles. The van der Waals surface area contributed by atoms with Crippen LogP contribution in [0.4, 0.5) is 17.6 Å². The Balaban J connectivity index is 1.79. The van der Waals surface area contributed by atoms with Gasteiger partial charge in [-0.2, -0.15) is 13.2 Å². The maximum Gasteiger partial charge on any atom is 0.416 e. The van der Waals surface area contributed by atoms with E-state index >= 15 is 0 Å². The van der Waals surface area contributed by atoms with Crippen molar-refractivity contribution < 1.29 is 35.6 Å². The first-order valence-electron chi connectivity index (χ1n) is 13.2. The summed E-state index contributed by atoms with van der Waals surface area (Å²) in [5.41, 5.74) is -1.82. The summed E-state index contributed by atoms with van der Waals surface area (Å²) in [6.07, 6.45) is -2.65. The van der Waals surface area contributed by atoms with Crippen molar-refractivity contribution in [2.75, 3.05) is 19.3 Å². The van der Waals surface area contributed by atoms with Crippen molar-refractivity contribution in [1.82, 2.24) is 15.1 Å². The molecule has 2 amide bonds. The van der Waals surface area contributed by atoms with E-state index in [9.17, 15) is 35.6 Å². The Labute approximate surface area is 228 Å². The molecular weight excluding hydrogens is 538 g/mol. The number of hydrogen-bond acceptors (Lipinski definition) is 5. The highest BCUT2D eigenvalue weighted by atomic mass is 32.2. The van der Waals surface area contributed by atoms with Crippen LogP contribution in [0.5, 0.6) is 0 Å². The van der Waals surface area contributed by atoms with Crippen LogP contribution in [0, 0.1) is 11.7 Å². The van der Waals surface area contributed by atoms with Gasteiger partial charge in [0.05, 0.1) is 16.1 Å². The molecule has 0 bridgehead atoms. The van der Waals surface area contributed by atoms with E-state index in [4.69, 9.17) is 0 Å². The highest BCUT2D eigenvalue weighted by molar-refractivity contribution is 7.92. The first-order valence-corrected chi connectivity index (χ1v) is 14.9. The van der Waals surface area contributed by atoms with Crippen molar-refractivity contribution in [3.63, 3.8) is 0 Å². The molecule has 4 atom stereocenters. The molecule has 2 aliphatic rings. The Kier molecular flexibility index (Phi) is 9.11. The Bertz CT molecular complexity index is 1180. The van der Waals surface area contributed by atoms with Gasteiger partial charge in [0.1, 0.15) is 11.9 Å². The molecule has 1 saturated heterocycles. The number of nitrogens with zero attached hydrogens (tertiary/aromatic N) is 2. The number of likely N-dealkylation sites (tertiary alicyclic amines) is 1. The van der Waals surface area contributed by atoms with E-state index < -0.39 is 55.6 Å². The van der Waals surface area contributed by atoms with Gasteiger partial charge in [0.2, 0.25) is 5.91 Å². The molecule has 7 nitrogen and oxygen atoms in total. The number of alkyl halides is 3. The minimum absolute atomic E-state index is 0.0755. The number of hydrogen-bond donors (Lipinski definition) is 1. The minimum atomic E-state index is -4.83. The van der Waals surface area contributed by atoms with E-state index in [1.54, 1.807) is 25.7 Å². The van der Waals surface area contributed by atoms with E-state index in [-0.39, 0.29) is 42.8 Å². The van der Waals surface area contributed by atoms with Crippen molar-refractivity contribution in [3.8, 4) is 0 Å². The van der Waals surface area contributed by atoms with Crippen molar-refractivity contribution in [2.45, 2.75) is 95.4 Å². The Morgan fingerprint density at radius 2 is 1.77 bits per heavy atom. The van der Waals surface area contributed by atoms with Gasteiger partial charge < -0.3 is 15.1 Å². The number of carbonyl (C=O) groups excluding carboxylic acids is 2. The molecule has 1 aliphatic heterocycles. The summed E-state index contributed by atoms with van der Waals surface area (Å²) in [5.74, 6) is -2.98. The third-order valence-corrected chi connectivity index (χ3v) is 10.8. The molecule has 1 aliphatic carbocycles. The number of nitrogens with one attached hydrogen (secondary N) is 1. The summed E-state index contributed by atoms with van der Waals surface area (Å²) in [5, 5.41) is 2.46. The lowest BCUT2D eigenvalue weighted by molar-refractivity contribution is -0.138. The van der Waals surface area contributed by atoms with Crippen molar-refractivity contribution in [2.24, 2.45) is 5.92 Å². The van der Waals surface area contributed by atoms with Crippen LogP contribution < -0.4 is 5.32 Å². The topological polar surface area (TPSA) is 86.8 Å². The maximum atomic E-state index is 13.8. The Morgan fingerprint density at radius 3 is 2.33 bits per heavy atom. The van der Waals surface area contributed by atoms with Gasteiger partial charge in [-0.1, -0.05) is 0 Å². The van der Waals surface area contributed by atoms with Crippen molar-refractivity contribution in [3.05, 3.63) is 35.1 Å². The zero-order chi connectivity index (χ0) is 29.5. The maximum absolute atomic E-state index is 13.8. The quantitative estimate of drug-likeness (QED) is 0.490. The van der Waals surface area contributed by atoms with E-state index in [0.29, 0.717) is 31.0 Å². The van der Waals surface area contributed by atoms with E-state index in [1.165, 1.54) is 0 Å². The monoisotopic (exact) mass is 577 g/mol. The molecule has 1 aromatic carbocycles. The molecule has 0 spiro atoms. The molecule has 1 saturated carbocycles. The van der Waals surface area contributed by atoms with E-state index in [0.717, 1.165) is 6.42 Å². The lowest BCUT2D eigenvalue weighted by Gasteiger charge is -2.45. The van der Waals surface area contributed by atoms with Crippen LogP contribution >= 0.6 is 0 Å². The molecule has 39 heavy (non-hydrogen) atoms. The highest BCUT2D eigenvalue weighted by Crippen LogP contribution is 2.36. The van der Waals surface area contributed by atoms with Gasteiger partial charge >= 0.3 is 6.18 Å². The molecule has 12 heteroatoms. The number of sulfone groups is 1. The van der Waals surface area contributed by atoms with Crippen molar-refractivity contribution >= 4 is 21.7 Å². The van der Waals surface area contributed by atoms with Gasteiger partial charge in [-0.3, -0.25) is 9.59 Å². The smallest absolute Gasteiger partial charge is 0.340 e. The molecule has 3 rings (SSSR count). The van der Waals surface area contributed by atoms with Crippen LogP contribution in [0.1, 0.15) is 76.2 Å². The van der Waals surface area contributed by atoms with Crippen molar-refractivity contribution in [1.29, 1.82) is 0 Å². The molecule has 0 radical (unpaired) electrons. The zero-order valence-electron chi connectivity index (χ0n) is 23.3. The summed E-state index contributed by atoms with van der Waals surface area (Å²) in [4.78, 5) is 29.9. The van der Waals surface area contributed by atoms with E-state index in [1.807, 2.05) is 7.05 Å². The second-order valence-corrected chi connectivity index (χ2v) is 14.8. The number of halogens is 4. The highest BCUT2D eigenvalue weighted by Gasteiger charge is 2.45. The fraction of sp³-hybridized carbons (Fsp3) is 0.704. The van der Waals surface area contributed by atoms with Gasteiger partial charge in [0.25, 0.3) is 5.91 Å². The fourth-order valence-electron chi connectivity index (χ4n) is 5.43. The first-order chi connectivity index (χ1) is 17.8. The van der Waals surface area contributed by atoms with E-state index in [2.05, 4.69) is 24.1 Å². The van der Waals surface area contributed by atoms with Gasteiger partial charge in [0, 0.05) is 30.2 Å². The normalized spacial score (nSPS) is 25.0. The molecule has 1 aromatic rings. The van der Waals surface area contributed by atoms with Crippen LogP contribution in [-0.4, -0.2) is 78.3 Å². The third-order valence-electron chi connectivity index (χ3n) is 8.10. The van der Waals surface area contributed by atoms with Gasteiger partial charge in [-0.25, -0.2) is 12.8 Å². The SMILES string of the molecule is CC(C)N(C)[C@@H]1CC[C@H](N2CCC(NC(=O)c3cc(F)cc(C(F)(F)F)c3)C2=O)[C@H](CS(=O)(=O)C(C)(C)C)C1. The van der Waals surface area contributed by atoms with Crippen LogP contribution in [0.2, 0.25) is 0 Å². The molecule has 220 valence electrons. The molecule has 2 fully saturated rings. The summed E-state index contributed by atoms with van der Waals surface area (Å²) in [7, 11) is -1.48. The molecule has 1 unspecified atom stereocenters. The lowest BCUT2D eigenvalue weighted by Crippen LogP contribution is -2.53. The molecule has 1 N–H and O–H groups in total. The van der Waals surface area contributed by atoms with Gasteiger partial charge in [-0.05, 0) is 91.5 Å². The summed E-state index contributed by atoms with van der Waals surface area (Å²) < 4.78 is 78.4. The summed E-state index contributed by atoms with van der Waals surface area (Å²) >= 11 is 0. The first kappa shape index (κ1) is 31.3. The lowest BCUT2D eigenvalue weighted by atomic mass is 9.81. The zero-order valence-corrected chi connectivity index (χ0v) is 24.1. The minimum Gasteiger partial charge on any atom is -0.340 e.